The highest BCUT2D eigenvalue weighted by atomic mass is 35.5. The molecule has 2 aromatic carbocycles. The van der Waals surface area contributed by atoms with Crippen LogP contribution in [-0.2, 0) is 14.8 Å². The van der Waals surface area contributed by atoms with Crippen molar-refractivity contribution in [1.82, 2.24) is 9.73 Å². The molecule has 0 unspecified atom stereocenters. The quantitative estimate of drug-likeness (QED) is 0.516. The number of ether oxygens (including phenoxy) is 2. The fraction of sp³-hybridized carbons (Fsp3) is 0.222. The highest BCUT2D eigenvalue weighted by Crippen LogP contribution is 2.28. The predicted molar refractivity (Wildman–Crippen MR) is 107 cm³/mol. The molecule has 28 heavy (non-hydrogen) atoms. The maximum Gasteiger partial charge on any atom is 0.255 e. The minimum atomic E-state index is -3.91. The monoisotopic (exact) mass is 425 g/mol. The Morgan fingerprint density at radius 2 is 1.86 bits per heavy atom. The zero-order valence-electron chi connectivity index (χ0n) is 15.5. The van der Waals surface area contributed by atoms with Crippen molar-refractivity contribution < 1.29 is 22.7 Å². The average Bonchev–Trinajstić information content (AvgIpc) is 2.68. The number of methoxy groups -OCH3 is 2. The van der Waals surface area contributed by atoms with Gasteiger partial charge in [0.15, 0.2) is 0 Å². The summed E-state index contributed by atoms with van der Waals surface area (Å²) in [6.07, 6.45) is 1.41. The highest BCUT2D eigenvalue weighted by molar-refractivity contribution is 7.89. The van der Waals surface area contributed by atoms with Crippen LogP contribution in [0.4, 0.5) is 0 Å². The summed E-state index contributed by atoms with van der Waals surface area (Å²) in [4.78, 5) is 12.0. The zero-order valence-corrected chi connectivity index (χ0v) is 17.1. The molecule has 0 fully saturated rings. The van der Waals surface area contributed by atoms with Crippen LogP contribution in [0.15, 0.2) is 52.5 Å². The van der Waals surface area contributed by atoms with Gasteiger partial charge in [-0.2, -0.15) is 9.41 Å². The Bertz CT molecular complexity index is 979. The Balaban J connectivity index is 2.03. The zero-order chi connectivity index (χ0) is 20.7. The smallest absolute Gasteiger partial charge is 0.255 e. The van der Waals surface area contributed by atoms with E-state index in [2.05, 4.69) is 10.5 Å². The third-order valence-corrected chi connectivity index (χ3v) is 5.82. The maximum atomic E-state index is 12.6. The first-order valence-electron chi connectivity index (χ1n) is 8.04. The number of benzene rings is 2. The Morgan fingerprint density at radius 3 is 2.50 bits per heavy atom. The summed E-state index contributed by atoms with van der Waals surface area (Å²) >= 11 is 5.98. The molecule has 0 saturated carbocycles. The molecular formula is C18H20ClN3O5S. The van der Waals surface area contributed by atoms with Crippen molar-refractivity contribution in [1.29, 1.82) is 0 Å². The molecule has 0 bridgehead atoms. The van der Waals surface area contributed by atoms with Gasteiger partial charge in [0.25, 0.3) is 5.91 Å². The number of sulfonamides is 1. The average molecular weight is 426 g/mol. The Morgan fingerprint density at radius 1 is 1.18 bits per heavy atom. The summed E-state index contributed by atoms with van der Waals surface area (Å²) in [6.45, 7) is -0.421. The van der Waals surface area contributed by atoms with Gasteiger partial charge in [-0.25, -0.2) is 13.8 Å². The first kappa shape index (κ1) is 21.7. The van der Waals surface area contributed by atoms with E-state index in [4.69, 9.17) is 21.1 Å². The summed E-state index contributed by atoms with van der Waals surface area (Å²) in [5.74, 6) is 0.347. The molecule has 0 atom stereocenters. The number of hydrogen-bond donors (Lipinski definition) is 1. The van der Waals surface area contributed by atoms with E-state index in [1.54, 1.807) is 24.3 Å². The summed E-state index contributed by atoms with van der Waals surface area (Å²) < 4.78 is 36.3. The third-order valence-electron chi connectivity index (χ3n) is 3.73. The number of nitrogens with zero attached hydrogens (tertiary/aromatic N) is 2. The molecule has 0 heterocycles. The second kappa shape index (κ2) is 9.54. The lowest BCUT2D eigenvalue weighted by Crippen LogP contribution is -2.36. The van der Waals surface area contributed by atoms with Gasteiger partial charge in [-0.3, -0.25) is 4.79 Å². The van der Waals surface area contributed by atoms with Gasteiger partial charge >= 0.3 is 0 Å². The molecule has 2 aromatic rings. The van der Waals surface area contributed by atoms with Crippen molar-refractivity contribution in [3.8, 4) is 11.5 Å². The van der Waals surface area contributed by atoms with Crippen molar-refractivity contribution >= 4 is 33.7 Å². The second-order valence-electron chi connectivity index (χ2n) is 5.59. The molecule has 0 saturated heterocycles. The molecular weight excluding hydrogens is 406 g/mol. The van der Waals surface area contributed by atoms with Gasteiger partial charge in [-0.1, -0.05) is 23.7 Å². The molecule has 150 valence electrons. The minimum absolute atomic E-state index is 0.0499. The summed E-state index contributed by atoms with van der Waals surface area (Å²) in [7, 11) is 0.332. The van der Waals surface area contributed by atoms with Crippen molar-refractivity contribution in [3.63, 3.8) is 0 Å². The molecule has 0 aliphatic carbocycles. The van der Waals surface area contributed by atoms with E-state index in [1.807, 2.05) is 0 Å². The molecule has 10 heteroatoms. The van der Waals surface area contributed by atoms with Crippen molar-refractivity contribution in [2.45, 2.75) is 4.90 Å². The second-order valence-corrected chi connectivity index (χ2v) is 8.04. The summed E-state index contributed by atoms with van der Waals surface area (Å²) in [6, 6.07) is 11.2. The first-order chi connectivity index (χ1) is 13.3. The molecule has 2 rings (SSSR count). The number of rotatable bonds is 8. The number of carbonyl (C=O) groups is 1. The van der Waals surface area contributed by atoms with Crippen LogP contribution in [-0.4, -0.2) is 52.7 Å². The van der Waals surface area contributed by atoms with Crippen LogP contribution in [0.5, 0.6) is 11.5 Å². The Labute approximate surface area is 168 Å². The number of hydrogen-bond acceptors (Lipinski definition) is 6. The van der Waals surface area contributed by atoms with Gasteiger partial charge < -0.3 is 9.47 Å². The van der Waals surface area contributed by atoms with Gasteiger partial charge in [-0.05, 0) is 30.3 Å². The van der Waals surface area contributed by atoms with E-state index in [0.29, 0.717) is 17.1 Å². The molecule has 8 nitrogen and oxygen atoms in total. The lowest BCUT2D eigenvalue weighted by molar-refractivity contribution is -0.121. The molecule has 1 N–H and O–H groups in total. The number of nitrogens with one attached hydrogen (secondary N) is 1. The first-order valence-corrected chi connectivity index (χ1v) is 9.86. The Kier molecular flexibility index (Phi) is 7.38. The fourth-order valence-electron chi connectivity index (χ4n) is 2.26. The number of halogens is 1. The molecule has 0 spiro atoms. The van der Waals surface area contributed by atoms with Crippen LogP contribution in [0.1, 0.15) is 5.56 Å². The van der Waals surface area contributed by atoms with Crippen LogP contribution in [0.25, 0.3) is 0 Å². The minimum Gasteiger partial charge on any atom is -0.496 e. The lowest BCUT2D eigenvalue weighted by Gasteiger charge is -2.16. The number of para-hydroxylation sites is 1. The van der Waals surface area contributed by atoms with E-state index in [0.717, 1.165) is 4.31 Å². The van der Waals surface area contributed by atoms with Crippen molar-refractivity contribution in [2.75, 3.05) is 27.8 Å². The van der Waals surface area contributed by atoms with Gasteiger partial charge in [0.05, 0.1) is 36.9 Å². The van der Waals surface area contributed by atoms with Gasteiger partial charge in [0, 0.05) is 12.6 Å². The topological polar surface area (TPSA) is 97.3 Å². The number of likely N-dealkylation sites (N-methyl/N-ethyl adjacent to an activating group) is 1. The van der Waals surface area contributed by atoms with Crippen molar-refractivity contribution in [3.05, 3.63) is 53.1 Å². The van der Waals surface area contributed by atoms with Crippen LogP contribution in [0, 0.1) is 0 Å². The van der Waals surface area contributed by atoms with E-state index in [1.165, 1.54) is 45.7 Å². The van der Waals surface area contributed by atoms with Crippen LogP contribution < -0.4 is 14.9 Å². The predicted octanol–water partition coefficient (Wildman–Crippen LogP) is 2.13. The molecule has 0 radical (unpaired) electrons. The van der Waals surface area contributed by atoms with Crippen LogP contribution in [0.2, 0.25) is 5.02 Å². The van der Waals surface area contributed by atoms with Crippen LogP contribution >= 0.6 is 11.6 Å². The number of carbonyl (C=O) groups excluding carboxylic acids is 1. The van der Waals surface area contributed by atoms with Crippen LogP contribution in [0.3, 0.4) is 0 Å². The molecule has 0 aromatic heterocycles. The number of amides is 1. The standard InChI is InChI=1S/C18H20ClN3O5S/c1-22(28(24,25)14-8-9-17(27-3)15(19)10-14)12-18(23)21-20-11-13-6-4-5-7-16(13)26-2/h4-11H,12H2,1-3H3,(H,21,23)/b20-11-. The molecule has 0 aliphatic rings. The van der Waals surface area contributed by atoms with Gasteiger partial charge in [0.1, 0.15) is 11.5 Å². The third kappa shape index (κ3) is 5.22. The molecule has 1 amide bonds. The normalized spacial score (nSPS) is 11.6. The van der Waals surface area contributed by atoms with E-state index >= 15 is 0 Å². The highest BCUT2D eigenvalue weighted by Gasteiger charge is 2.23. The maximum absolute atomic E-state index is 12.6. The van der Waals surface area contributed by atoms with E-state index in [-0.39, 0.29) is 9.92 Å². The lowest BCUT2D eigenvalue weighted by atomic mass is 10.2. The number of hydrazone groups is 1. The molecule has 0 aliphatic heterocycles. The Hall–Kier alpha value is -2.62. The van der Waals surface area contributed by atoms with E-state index < -0.39 is 22.5 Å². The largest absolute Gasteiger partial charge is 0.496 e. The fourth-order valence-corrected chi connectivity index (χ4v) is 3.73. The summed E-state index contributed by atoms with van der Waals surface area (Å²) in [5.41, 5.74) is 2.96. The van der Waals surface area contributed by atoms with E-state index in [9.17, 15) is 13.2 Å². The summed E-state index contributed by atoms with van der Waals surface area (Å²) in [5, 5.41) is 3.99. The van der Waals surface area contributed by atoms with Crippen molar-refractivity contribution in [2.24, 2.45) is 5.10 Å². The van der Waals surface area contributed by atoms with Gasteiger partial charge in [-0.15, -0.1) is 0 Å². The van der Waals surface area contributed by atoms with Gasteiger partial charge in [0.2, 0.25) is 10.0 Å². The SMILES string of the molecule is COc1ccc(S(=O)(=O)N(C)CC(=O)N/N=C\c2ccccc2OC)cc1Cl.